The number of anilines is 1. The molecule has 0 saturated heterocycles. The SMILES string of the molecule is CN(Cc1cccc(N)c1)C(=O)c1ccc(Cl)cc1F. The highest BCUT2D eigenvalue weighted by atomic mass is 35.5. The van der Waals surface area contributed by atoms with E-state index < -0.39 is 11.7 Å². The van der Waals surface area contributed by atoms with Crippen LogP contribution in [0.5, 0.6) is 0 Å². The number of nitrogens with two attached hydrogens (primary N) is 1. The van der Waals surface area contributed by atoms with Gasteiger partial charge < -0.3 is 10.6 Å². The highest BCUT2D eigenvalue weighted by Crippen LogP contribution is 2.17. The third-order valence-corrected chi connectivity index (χ3v) is 3.11. The minimum absolute atomic E-state index is 0.000744. The zero-order chi connectivity index (χ0) is 14.7. The van der Waals surface area contributed by atoms with E-state index in [0.29, 0.717) is 12.2 Å². The number of carbonyl (C=O) groups excluding carboxylic acids is 1. The molecule has 2 N–H and O–H groups in total. The molecule has 0 atom stereocenters. The molecule has 0 bridgehead atoms. The lowest BCUT2D eigenvalue weighted by atomic mass is 10.1. The first-order chi connectivity index (χ1) is 9.47. The molecule has 0 radical (unpaired) electrons. The largest absolute Gasteiger partial charge is 0.399 e. The number of carbonyl (C=O) groups is 1. The van der Waals surface area contributed by atoms with Gasteiger partial charge in [0.2, 0.25) is 0 Å². The predicted molar refractivity (Wildman–Crippen MR) is 78.1 cm³/mol. The molecule has 0 aliphatic rings. The van der Waals surface area contributed by atoms with E-state index in [1.165, 1.54) is 17.0 Å². The van der Waals surface area contributed by atoms with Gasteiger partial charge in [0.1, 0.15) is 5.82 Å². The average Bonchev–Trinajstić information content (AvgIpc) is 2.38. The molecule has 0 fully saturated rings. The van der Waals surface area contributed by atoms with Crippen LogP contribution in [0.3, 0.4) is 0 Å². The van der Waals surface area contributed by atoms with E-state index in [-0.39, 0.29) is 10.6 Å². The van der Waals surface area contributed by atoms with E-state index in [1.54, 1.807) is 19.2 Å². The fraction of sp³-hybridized carbons (Fsp3) is 0.133. The van der Waals surface area contributed by atoms with Crippen molar-refractivity contribution in [2.45, 2.75) is 6.54 Å². The molecule has 3 nitrogen and oxygen atoms in total. The third-order valence-electron chi connectivity index (χ3n) is 2.88. The predicted octanol–water partition coefficient (Wildman–Crippen LogP) is 3.33. The number of amides is 1. The van der Waals surface area contributed by atoms with E-state index in [9.17, 15) is 9.18 Å². The molecule has 104 valence electrons. The van der Waals surface area contributed by atoms with Crippen LogP contribution in [-0.2, 0) is 6.54 Å². The van der Waals surface area contributed by atoms with Gasteiger partial charge in [0.25, 0.3) is 5.91 Å². The molecule has 20 heavy (non-hydrogen) atoms. The minimum atomic E-state index is -0.623. The zero-order valence-electron chi connectivity index (χ0n) is 10.9. The summed E-state index contributed by atoms with van der Waals surface area (Å²) < 4.78 is 13.7. The second kappa shape index (κ2) is 5.92. The first kappa shape index (κ1) is 14.3. The van der Waals surface area contributed by atoms with E-state index in [4.69, 9.17) is 17.3 Å². The first-order valence-electron chi connectivity index (χ1n) is 6.02. The number of hydrogen-bond acceptors (Lipinski definition) is 2. The number of benzene rings is 2. The minimum Gasteiger partial charge on any atom is -0.399 e. The maximum absolute atomic E-state index is 13.7. The Morgan fingerprint density at radius 1 is 1.30 bits per heavy atom. The summed E-state index contributed by atoms with van der Waals surface area (Å²) in [6, 6.07) is 11.2. The molecule has 0 aliphatic carbocycles. The topological polar surface area (TPSA) is 46.3 Å². The van der Waals surface area contributed by atoms with Crippen LogP contribution >= 0.6 is 11.6 Å². The molecule has 1 amide bonds. The van der Waals surface area contributed by atoms with E-state index >= 15 is 0 Å². The van der Waals surface area contributed by atoms with E-state index in [1.807, 2.05) is 12.1 Å². The second-order valence-corrected chi connectivity index (χ2v) is 4.97. The molecule has 0 aliphatic heterocycles. The zero-order valence-corrected chi connectivity index (χ0v) is 11.7. The van der Waals surface area contributed by atoms with Crippen LogP contribution in [0.25, 0.3) is 0 Å². The third kappa shape index (κ3) is 3.27. The van der Waals surface area contributed by atoms with Crippen molar-refractivity contribution in [1.82, 2.24) is 4.90 Å². The van der Waals surface area contributed by atoms with Crippen molar-refractivity contribution >= 4 is 23.2 Å². The van der Waals surface area contributed by atoms with Crippen molar-refractivity contribution in [2.75, 3.05) is 12.8 Å². The van der Waals surface area contributed by atoms with Crippen molar-refractivity contribution in [3.05, 3.63) is 64.4 Å². The Morgan fingerprint density at radius 3 is 2.70 bits per heavy atom. The van der Waals surface area contributed by atoms with Crippen molar-refractivity contribution < 1.29 is 9.18 Å². The van der Waals surface area contributed by atoms with Gasteiger partial charge in [0.15, 0.2) is 0 Å². The summed E-state index contributed by atoms with van der Waals surface area (Å²) in [6.45, 7) is 0.353. The van der Waals surface area contributed by atoms with Gasteiger partial charge in [-0.15, -0.1) is 0 Å². The number of nitrogen functional groups attached to an aromatic ring is 1. The molecule has 0 spiro atoms. The summed E-state index contributed by atoms with van der Waals surface area (Å²) in [5.74, 6) is -1.02. The van der Waals surface area contributed by atoms with Gasteiger partial charge in [-0.2, -0.15) is 0 Å². The standard InChI is InChI=1S/C15H14ClFN2O/c1-19(9-10-3-2-4-12(18)7-10)15(20)13-6-5-11(16)8-14(13)17/h2-8H,9,18H2,1H3. The van der Waals surface area contributed by atoms with Crippen LogP contribution in [0, 0.1) is 5.82 Å². The number of hydrogen-bond donors (Lipinski definition) is 1. The normalized spacial score (nSPS) is 10.3. The van der Waals surface area contributed by atoms with Crippen LogP contribution in [-0.4, -0.2) is 17.9 Å². The molecule has 0 unspecified atom stereocenters. The molecule has 0 saturated carbocycles. The quantitative estimate of drug-likeness (QED) is 0.882. The molecule has 0 aromatic heterocycles. The Morgan fingerprint density at radius 2 is 2.05 bits per heavy atom. The molecule has 5 heteroatoms. The van der Waals surface area contributed by atoms with Gasteiger partial charge in [-0.1, -0.05) is 23.7 Å². The van der Waals surface area contributed by atoms with Crippen LogP contribution in [0.1, 0.15) is 15.9 Å². The maximum Gasteiger partial charge on any atom is 0.256 e. The van der Waals surface area contributed by atoms with Gasteiger partial charge in [0, 0.05) is 24.3 Å². The smallest absolute Gasteiger partial charge is 0.256 e. The Hall–Kier alpha value is -2.07. The van der Waals surface area contributed by atoms with Gasteiger partial charge >= 0.3 is 0 Å². The Balaban J connectivity index is 2.16. The average molecular weight is 293 g/mol. The summed E-state index contributed by atoms with van der Waals surface area (Å²) in [5.41, 5.74) is 7.20. The van der Waals surface area contributed by atoms with Crippen molar-refractivity contribution in [1.29, 1.82) is 0 Å². The Bertz CT molecular complexity index is 646. The summed E-state index contributed by atoms with van der Waals surface area (Å²) >= 11 is 5.67. The lowest BCUT2D eigenvalue weighted by molar-refractivity contribution is 0.0780. The lowest BCUT2D eigenvalue weighted by Crippen LogP contribution is -2.27. The number of rotatable bonds is 3. The molecule has 2 aromatic carbocycles. The van der Waals surface area contributed by atoms with Crippen molar-refractivity contribution in [2.24, 2.45) is 0 Å². The van der Waals surface area contributed by atoms with Gasteiger partial charge in [-0.05, 0) is 35.9 Å². The Labute approximate surface area is 121 Å². The fourth-order valence-electron chi connectivity index (χ4n) is 1.91. The summed E-state index contributed by atoms with van der Waals surface area (Å²) in [5, 5.41) is 0.262. The first-order valence-corrected chi connectivity index (χ1v) is 6.40. The van der Waals surface area contributed by atoms with Gasteiger partial charge in [-0.25, -0.2) is 4.39 Å². The van der Waals surface area contributed by atoms with Crippen LogP contribution in [0.15, 0.2) is 42.5 Å². The molecule has 2 rings (SSSR count). The van der Waals surface area contributed by atoms with Gasteiger partial charge in [0.05, 0.1) is 5.56 Å². The molecule has 2 aromatic rings. The lowest BCUT2D eigenvalue weighted by Gasteiger charge is -2.18. The van der Waals surface area contributed by atoms with Crippen molar-refractivity contribution in [3.8, 4) is 0 Å². The van der Waals surface area contributed by atoms with E-state index in [0.717, 1.165) is 11.6 Å². The van der Waals surface area contributed by atoms with Crippen molar-refractivity contribution in [3.63, 3.8) is 0 Å². The molecule has 0 heterocycles. The highest BCUT2D eigenvalue weighted by Gasteiger charge is 2.16. The van der Waals surface area contributed by atoms with Crippen LogP contribution in [0.4, 0.5) is 10.1 Å². The van der Waals surface area contributed by atoms with Gasteiger partial charge in [-0.3, -0.25) is 4.79 Å². The number of halogens is 2. The Kier molecular flexibility index (Phi) is 4.25. The monoisotopic (exact) mass is 292 g/mol. The van der Waals surface area contributed by atoms with E-state index in [2.05, 4.69) is 0 Å². The fourth-order valence-corrected chi connectivity index (χ4v) is 2.06. The van der Waals surface area contributed by atoms with Crippen LogP contribution < -0.4 is 5.73 Å². The summed E-state index contributed by atoms with van der Waals surface area (Å²) in [6.07, 6.45) is 0. The number of nitrogens with zero attached hydrogens (tertiary/aromatic N) is 1. The van der Waals surface area contributed by atoms with Crippen LogP contribution in [0.2, 0.25) is 5.02 Å². The molecular weight excluding hydrogens is 279 g/mol. The summed E-state index contributed by atoms with van der Waals surface area (Å²) in [4.78, 5) is 13.6. The second-order valence-electron chi connectivity index (χ2n) is 4.53. The maximum atomic E-state index is 13.7. The molecular formula is C15H14ClFN2O. The highest BCUT2D eigenvalue weighted by molar-refractivity contribution is 6.30. The summed E-state index contributed by atoms with van der Waals surface area (Å²) in [7, 11) is 1.61.